The molecule has 0 radical (unpaired) electrons. The molecule has 0 bridgehead atoms. The highest BCUT2D eigenvalue weighted by Crippen LogP contribution is 2.23. The van der Waals surface area contributed by atoms with E-state index in [0.29, 0.717) is 30.8 Å². The quantitative estimate of drug-likeness (QED) is 0.599. The second-order valence-electron chi connectivity index (χ2n) is 6.78. The van der Waals surface area contributed by atoms with Gasteiger partial charge in [0, 0.05) is 36.6 Å². The molecule has 1 aromatic heterocycles. The fraction of sp³-hybridized carbons (Fsp3) is 0.200. The van der Waals surface area contributed by atoms with Crippen LogP contribution in [0.5, 0.6) is 0 Å². The topological polar surface area (TPSA) is 96.5 Å². The minimum atomic E-state index is -4.20. The number of hydrogen-bond acceptors (Lipinski definition) is 7. The second-order valence-corrected chi connectivity index (χ2v) is 8.43. The van der Waals surface area contributed by atoms with E-state index in [1.807, 2.05) is 6.07 Å². The summed E-state index contributed by atoms with van der Waals surface area (Å²) in [6, 6.07) is 10.5. The van der Waals surface area contributed by atoms with Gasteiger partial charge in [-0.1, -0.05) is 0 Å². The SMILES string of the molecule is O=S(=O)(Nc1ccc(Nc2cc(N3CCOCC3)cnn2)cc1)c1ccc(F)cc1F. The van der Waals surface area contributed by atoms with Gasteiger partial charge in [0.25, 0.3) is 10.0 Å². The van der Waals surface area contributed by atoms with E-state index < -0.39 is 26.6 Å². The lowest BCUT2D eigenvalue weighted by Gasteiger charge is -2.28. The number of ether oxygens (including phenoxy) is 1. The van der Waals surface area contributed by atoms with Crippen molar-refractivity contribution in [1.82, 2.24) is 10.2 Å². The largest absolute Gasteiger partial charge is 0.378 e. The summed E-state index contributed by atoms with van der Waals surface area (Å²) in [5.41, 5.74) is 1.80. The molecule has 0 aliphatic carbocycles. The Kier molecular flexibility index (Phi) is 5.96. The molecule has 1 aliphatic rings. The molecule has 162 valence electrons. The van der Waals surface area contributed by atoms with E-state index in [9.17, 15) is 17.2 Å². The summed E-state index contributed by atoms with van der Waals surface area (Å²) >= 11 is 0. The van der Waals surface area contributed by atoms with Gasteiger partial charge >= 0.3 is 0 Å². The number of hydrogen-bond donors (Lipinski definition) is 2. The summed E-state index contributed by atoms with van der Waals surface area (Å²) < 4.78 is 59.2. The molecule has 11 heteroatoms. The van der Waals surface area contributed by atoms with Crippen molar-refractivity contribution in [1.29, 1.82) is 0 Å². The molecular weight excluding hydrogens is 428 g/mol. The van der Waals surface area contributed by atoms with Gasteiger partial charge in [0.2, 0.25) is 0 Å². The van der Waals surface area contributed by atoms with E-state index in [1.165, 1.54) is 12.1 Å². The van der Waals surface area contributed by atoms with E-state index in [0.717, 1.165) is 30.9 Å². The lowest BCUT2D eigenvalue weighted by molar-refractivity contribution is 0.122. The standard InChI is InChI=1S/C20H19F2N5O3S/c21-14-1-6-19(18(22)11-14)31(28,29)26-16-4-2-15(3-5-16)24-20-12-17(13-23-25-20)27-7-9-30-10-8-27/h1-6,11-13,26H,7-10H2,(H,24,25). The number of rotatable bonds is 6. The maximum atomic E-state index is 13.8. The Morgan fingerprint density at radius 2 is 1.68 bits per heavy atom. The molecule has 2 heterocycles. The van der Waals surface area contributed by atoms with Crippen LogP contribution in [-0.2, 0) is 14.8 Å². The van der Waals surface area contributed by atoms with E-state index in [4.69, 9.17) is 4.74 Å². The van der Waals surface area contributed by atoms with Crippen molar-refractivity contribution in [3.63, 3.8) is 0 Å². The average Bonchev–Trinajstić information content (AvgIpc) is 2.75. The summed E-state index contributed by atoms with van der Waals surface area (Å²) in [5, 5.41) is 11.2. The molecule has 0 amide bonds. The lowest BCUT2D eigenvalue weighted by atomic mass is 10.3. The van der Waals surface area contributed by atoms with Gasteiger partial charge in [-0.15, -0.1) is 5.10 Å². The summed E-state index contributed by atoms with van der Waals surface area (Å²) in [6.45, 7) is 2.86. The molecule has 4 rings (SSSR count). The zero-order valence-corrected chi connectivity index (χ0v) is 17.1. The van der Waals surface area contributed by atoms with Crippen LogP contribution in [0.2, 0.25) is 0 Å². The van der Waals surface area contributed by atoms with E-state index >= 15 is 0 Å². The monoisotopic (exact) mass is 447 g/mol. The molecule has 2 N–H and O–H groups in total. The van der Waals surface area contributed by atoms with E-state index in [1.54, 1.807) is 18.3 Å². The number of nitrogens with one attached hydrogen (secondary N) is 2. The minimum absolute atomic E-state index is 0.224. The molecule has 0 saturated carbocycles. The minimum Gasteiger partial charge on any atom is -0.378 e. The van der Waals surface area contributed by atoms with Gasteiger partial charge in [-0.3, -0.25) is 4.72 Å². The first kappa shape index (κ1) is 20.9. The molecule has 3 aromatic rings. The highest BCUT2D eigenvalue weighted by Gasteiger charge is 2.19. The number of anilines is 4. The van der Waals surface area contributed by atoms with Crippen LogP contribution in [0.25, 0.3) is 0 Å². The van der Waals surface area contributed by atoms with Crippen molar-refractivity contribution >= 4 is 32.9 Å². The van der Waals surface area contributed by atoms with Crippen LogP contribution in [0.4, 0.5) is 31.7 Å². The van der Waals surface area contributed by atoms with Crippen molar-refractivity contribution < 1.29 is 21.9 Å². The van der Waals surface area contributed by atoms with Gasteiger partial charge in [0.15, 0.2) is 5.82 Å². The van der Waals surface area contributed by atoms with Crippen molar-refractivity contribution in [2.24, 2.45) is 0 Å². The Labute approximate surface area is 177 Å². The maximum absolute atomic E-state index is 13.8. The molecule has 0 spiro atoms. The molecule has 8 nitrogen and oxygen atoms in total. The Morgan fingerprint density at radius 1 is 0.968 bits per heavy atom. The molecule has 0 atom stereocenters. The Bertz CT molecular complexity index is 1170. The number of nitrogens with zero attached hydrogens (tertiary/aromatic N) is 3. The lowest BCUT2D eigenvalue weighted by Crippen LogP contribution is -2.36. The summed E-state index contributed by atoms with van der Waals surface area (Å²) in [5.74, 6) is -1.48. The van der Waals surface area contributed by atoms with Gasteiger partial charge in [-0.25, -0.2) is 17.2 Å². The van der Waals surface area contributed by atoms with E-state index in [2.05, 4.69) is 25.1 Å². The number of morpholine rings is 1. The predicted octanol–water partition coefficient (Wildman–Crippen LogP) is 3.14. The summed E-state index contributed by atoms with van der Waals surface area (Å²) in [7, 11) is -4.20. The number of benzene rings is 2. The molecule has 1 aliphatic heterocycles. The molecule has 0 unspecified atom stereocenters. The number of sulfonamides is 1. The molecule has 1 fully saturated rings. The van der Waals surface area contributed by atoms with Crippen LogP contribution in [-0.4, -0.2) is 44.9 Å². The normalized spacial score (nSPS) is 14.3. The number of halogens is 2. The maximum Gasteiger partial charge on any atom is 0.264 e. The summed E-state index contributed by atoms with van der Waals surface area (Å²) in [6.07, 6.45) is 1.68. The van der Waals surface area contributed by atoms with Crippen LogP contribution in [0.3, 0.4) is 0 Å². The van der Waals surface area contributed by atoms with Gasteiger partial charge in [0.1, 0.15) is 16.5 Å². The highest BCUT2D eigenvalue weighted by atomic mass is 32.2. The van der Waals surface area contributed by atoms with Crippen LogP contribution in [0.15, 0.2) is 59.6 Å². The molecule has 2 aromatic carbocycles. The number of aromatic nitrogens is 2. The third-order valence-electron chi connectivity index (χ3n) is 4.61. The highest BCUT2D eigenvalue weighted by molar-refractivity contribution is 7.92. The van der Waals surface area contributed by atoms with Gasteiger partial charge in [-0.2, -0.15) is 5.10 Å². The first-order chi connectivity index (χ1) is 14.9. The van der Waals surface area contributed by atoms with Crippen molar-refractivity contribution in [2.75, 3.05) is 41.2 Å². The Morgan fingerprint density at radius 3 is 2.39 bits per heavy atom. The van der Waals surface area contributed by atoms with Gasteiger partial charge in [0.05, 0.1) is 25.1 Å². The van der Waals surface area contributed by atoms with E-state index in [-0.39, 0.29) is 5.69 Å². The predicted molar refractivity (Wildman–Crippen MR) is 112 cm³/mol. The summed E-state index contributed by atoms with van der Waals surface area (Å²) in [4.78, 5) is 1.52. The third-order valence-corrected chi connectivity index (χ3v) is 6.02. The smallest absolute Gasteiger partial charge is 0.264 e. The zero-order chi connectivity index (χ0) is 21.8. The second kappa shape index (κ2) is 8.82. The molecule has 31 heavy (non-hydrogen) atoms. The molecular formula is C20H19F2N5O3S. The average molecular weight is 447 g/mol. The fourth-order valence-electron chi connectivity index (χ4n) is 3.08. The van der Waals surface area contributed by atoms with Crippen LogP contribution in [0, 0.1) is 11.6 Å². The zero-order valence-electron chi connectivity index (χ0n) is 16.3. The van der Waals surface area contributed by atoms with Crippen LogP contribution < -0.4 is 14.9 Å². The van der Waals surface area contributed by atoms with Crippen molar-refractivity contribution in [3.05, 3.63) is 66.4 Å². The molecule has 1 saturated heterocycles. The van der Waals surface area contributed by atoms with Crippen LogP contribution >= 0.6 is 0 Å². The first-order valence-electron chi connectivity index (χ1n) is 9.41. The first-order valence-corrected chi connectivity index (χ1v) is 10.9. The van der Waals surface area contributed by atoms with Gasteiger partial charge in [-0.05, 0) is 36.4 Å². The van der Waals surface area contributed by atoms with Crippen molar-refractivity contribution in [3.8, 4) is 0 Å². The third kappa shape index (κ3) is 5.06. The van der Waals surface area contributed by atoms with Gasteiger partial charge < -0.3 is 15.0 Å². The van der Waals surface area contributed by atoms with Crippen molar-refractivity contribution in [2.45, 2.75) is 4.90 Å². The Hall–Kier alpha value is -3.31. The Balaban J connectivity index is 1.45. The fourth-order valence-corrected chi connectivity index (χ4v) is 4.20. The van der Waals surface area contributed by atoms with Crippen LogP contribution in [0.1, 0.15) is 0 Å².